The number of carbonyl (C=O) groups excluding carboxylic acids is 2. The largest absolute Gasteiger partial charge is 0.376 e. The third kappa shape index (κ3) is 3.39. The monoisotopic (exact) mass is 436 g/mol. The van der Waals surface area contributed by atoms with Gasteiger partial charge in [0.25, 0.3) is 17.4 Å². The smallest absolute Gasteiger partial charge is 0.271 e. The standard InChI is InChI=1S/C23H24N4O5/c1-25-19-7-6-17(12-18(19)20(28)24-25)15-2-4-16(5-3-15)21(29)26-8-10-27(11-9-26)22(30)23(31)13-32-14-23/h2-7,12,31H,8-11,13-14H2,1H3,(H,24,28). The molecule has 2 aromatic carbocycles. The Balaban J connectivity index is 1.26. The van der Waals surface area contributed by atoms with Crippen LogP contribution in [0.5, 0.6) is 0 Å². The zero-order chi connectivity index (χ0) is 22.5. The number of ether oxygens (including phenoxy) is 1. The molecule has 2 aliphatic rings. The van der Waals surface area contributed by atoms with Gasteiger partial charge in [0.15, 0.2) is 5.60 Å². The van der Waals surface area contributed by atoms with Crippen LogP contribution in [-0.2, 0) is 16.6 Å². The maximum absolute atomic E-state index is 12.9. The molecule has 0 saturated carbocycles. The van der Waals surface area contributed by atoms with Gasteiger partial charge >= 0.3 is 0 Å². The molecular weight excluding hydrogens is 412 g/mol. The van der Waals surface area contributed by atoms with Crippen LogP contribution in [0.1, 0.15) is 10.4 Å². The Bertz CT molecular complexity index is 1250. The molecule has 9 nitrogen and oxygen atoms in total. The maximum atomic E-state index is 12.9. The van der Waals surface area contributed by atoms with E-state index < -0.39 is 5.60 Å². The second-order valence-corrected chi connectivity index (χ2v) is 8.42. The van der Waals surface area contributed by atoms with Crippen LogP contribution in [0.25, 0.3) is 22.0 Å². The van der Waals surface area contributed by atoms with Gasteiger partial charge in [-0.1, -0.05) is 18.2 Å². The summed E-state index contributed by atoms with van der Waals surface area (Å²) in [7, 11) is 1.79. The van der Waals surface area contributed by atoms with Crippen LogP contribution in [0.2, 0.25) is 0 Å². The second kappa shape index (κ2) is 7.61. The summed E-state index contributed by atoms with van der Waals surface area (Å²) in [6.07, 6.45) is 0. The van der Waals surface area contributed by atoms with Gasteiger partial charge in [-0.15, -0.1) is 0 Å². The minimum Gasteiger partial charge on any atom is -0.376 e. The molecule has 2 amide bonds. The highest BCUT2D eigenvalue weighted by Crippen LogP contribution is 2.24. The highest BCUT2D eigenvalue weighted by molar-refractivity contribution is 5.95. The lowest BCUT2D eigenvalue weighted by atomic mass is 10.00. The van der Waals surface area contributed by atoms with Crippen molar-refractivity contribution in [1.29, 1.82) is 0 Å². The number of rotatable bonds is 3. The van der Waals surface area contributed by atoms with E-state index in [4.69, 9.17) is 4.74 Å². The molecular formula is C23H24N4O5. The van der Waals surface area contributed by atoms with Crippen LogP contribution in [0, 0.1) is 0 Å². The van der Waals surface area contributed by atoms with Crippen molar-refractivity contribution in [2.24, 2.45) is 7.05 Å². The summed E-state index contributed by atoms with van der Waals surface area (Å²) in [5.41, 5.74) is 1.68. The van der Waals surface area contributed by atoms with E-state index in [-0.39, 0.29) is 30.6 Å². The van der Waals surface area contributed by atoms with Crippen molar-refractivity contribution >= 4 is 22.7 Å². The molecule has 9 heteroatoms. The number of H-pyrrole nitrogens is 1. The Morgan fingerprint density at radius 1 is 0.969 bits per heavy atom. The number of aliphatic hydroxyl groups is 1. The summed E-state index contributed by atoms with van der Waals surface area (Å²) in [5.74, 6) is -0.418. The first-order valence-corrected chi connectivity index (χ1v) is 10.5. The fraction of sp³-hybridized carbons (Fsp3) is 0.348. The van der Waals surface area contributed by atoms with E-state index in [0.29, 0.717) is 37.1 Å². The summed E-state index contributed by atoms with van der Waals surface area (Å²) in [6, 6.07) is 13.0. The number of carbonyl (C=O) groups is 2. The summed E-state index contributed by atoms with van der Waals surface area (Å²) in [4.78, 5) is 40.7. The zero-order valence-corrected chi connectivity index (χ0v) is 17.7. The molecule has 2 saturated heterocycles. The number of aromatic nitrogens is 2. The van der Waals surface area contributed by atoms with E-state index in [1.807, 2.05) is 30.3 Å². The molecule has 2 N–H and O–H groups in total. The minimum absolute atomic E-state index is 0.0307. The van der Waals surface area contributed by atoms with Crippen LogP contribution in [-0.4, -0.2) is 81.5 Å². The number of hydrogen-bond donors (Lipinski definition) is 2. The van der Waals surface area contributed by atoms with E-state index in [1.165, 1.54) is 0 Å². The van der Waals surface area contributed by atoms with Gasteiger partial charge in [0.2, 0.25) is 0 Å². The van der Waals surface area contributed by atoms with Gasteiger partial charge in [-0.05, 0) is 35.4 Å². The molecule has 0 aliphatic carbocycles. The molecule has 0 bridgehead atoms. The fourth-order valence-corrected chi connectivity index (χ4v) is 4.28. The molecule has 3 heterocycles. The number of aryl methyl sites for hydroxylation is 1. The van der Waals surface area contributed by atoms with E-state index in [0.717, 1.165) is 16.6 Å². The normalized spacial score (nSPS) is 17.9. The number of hydrogen-bond acceptors (Lipinski definition) is 5. The number of aromatic amines is 1. The van der Waals surface area contributed by atoms with Crippen molar-refractivity contribution in [2.75, 3.05) is 39.4 Å². The Morgan fingerprint density at radius 2 is 1.59 bits per heavy atom. The van der Waals surface area contributed by atoms with Crippen molar-refractivity contribution in [3.05, 3.63) is 58.4 Å². The van der Waals surface area contributed by atoms with Gasteiger partial charge in [-0.3, -0.25) is 24.2 Å². The van der Waals surface area contributed by atoms with Crippen molar-refractivity contribution in [2.45, 2.75) is 5.60 Å². The van der Waals surface area contributed by atoms with Crippen molar-refractivity contribution in [3.63, 3.8) is 0 Å². The quantitative estimate of drug-likeness (QED) is 0.625. The Labute approximate surface area is 183 Å². The lowest BCUT2D eigenvalue weighted by molar-refractivity contribution is -0.201. The molecule has 0 atom stereocenters. The number of nitrogens with zero attached hydrogens (tertiary/aromatic N) is 3. The first-order valence-electron chi connectivity index (χ1n) is 10.5. The van der Waals surface area contributed by atoms with E-state index in [2.05, 4.69) is 5.10 Å². The van der Waals surface area contributed by atoms with E-state index in [1.54, 1.807) is 33.7 Å². The zero-order valence-electron chi connectivity index (χ0n) is 17.7. The molecule has 0 spiro atoms. The lowest BCUT2D eigenvalue weighted by Gasteiger charge is -2.42. The third-order valence-electron chi connectivity index (χ3n) is 6.27. The van der Waals surface area contributed by atoms with Gasteiger partial charge in [-0.25, -0.2) is 0 Å². The molecule has 0 radical (unpaired) electrons. The number of benzene rings is 2. The molecule has 32 heavy (non-hydrogen) atoms. The summed E-state index contributed by atoms with van der Waals surface area (Å²) < 4.78 is 6.65. The Hall–Kier alpha value is -3.43. The van der Waals surface area contributed by atoms with Crippen molar-refractivity contribution < 1.29 is 19.4 Å². The highest BCUT2D eigenvalue weighted by atomic mass is 16.5. The number of fused-ring (bicyclic) bond motifs is 1. The van der Waals surface area contributed by atoms with Gasteiger partial charge in [0.05, 0.1) is 24.1 Å². The topological polar surface area (TPSA) is 108 Å². The SMILES string of the molecule is Cn1[nH]c(=O)c2cc(-c3ccc(C(=O)N4CCN(C(=O)C5(O)COC5)CC4)cc3)ccc21. The lowest BCUT2D eigenvalue weighted by Crippen LogP contribution is -2.64. The van der Waals surface area contributed by atoms with Crippen LogP contribution in [0.4, 0.5) is 0 Å². The summed E-state index contributed by atoms with van der Waals surface area (Å²) in [6.45, 7) is 1.66. The summed E-state index contributed by atoms with van der Waals surface area (Å²) in [5, 5.41) is 13.5. The molecule has 2 fully saturated rings. The molecule has 0 unspecified atom stereocenters. The van der Waals surface area contributed by atoms with Gasteiger partial charge < -0.3 is 19.6 Å². The summed E-state index contributed by atoms with van der Waals surface area (Å²) >= 11 is 0. The first-order chi connectivity index (χ1) is 15.4. The van der Waals surface area contributed by atoms with E-state index in [9.17, 15) is 19.5 Å². The van der Waals surface area contributed by atoms with E-state index >= 15 is 0 Å². The number of nitrogens with one attached hydrogen (secondary N) is 1. The van der Waals surface area contributed by atoms with Crippen LogP contribution in [0.15, 0.2) is 47.3 Å². The molecule has 3 aromatic rings. The van der Waals surface area contributed by atoms with Gasteiger partial charge in [0, 0.05) is 38.8 Å². The van der Waals surface area contributed by atoms with Crippen molar-refractivity contribution in [1.82, 2.24) is 19.6 Å². The predicted octanol–water partition coefficient (Wildman–Crippen LogP) is 0.579. The predicted molar refractivity (Wildman–Crippen MR) is 117 cm³/mol. The van der Waals surface area contributed by atoms with Gasteiger partial charge in [0.1, 0.15) is 0 Å². The minimum atomic E-state index is -1.41. The van der Waals surface area contributed by atoms with Crippen LogP contribution < -0.4 is 5.56 Å². The van der Waals surface area contributed by atoms with Crippen LogP contribution in [0.3, 0.4) is 0 Å². The average molecular weight is 436 g/mol. The molecule has 1 aromatic heterocycles. The van der Waals surface area contributed by atoms with Crippen molar-refractivity contribution in [3.8, 4) is 11.1 Å². The Morgan fingerprint density at radius 3 is 2.22 bits per heavy atom. The third-order valence-corrected chi connectivity index (χ3v) is 6.27. The fourth-order valence-electron chi connectivity index (χ4n) is 4.28. The first kappa shape index (κ1) is 20.5. The number of piperazine rings is 1. The van der Waals surface area contributed by atoms with Crippen LogP contribution >= 0.6 is 0 Å². The molecule has 2 aliphatic heterocycles. The molecule has 5 rings (SSSR count). The second-order valence-electron chi connectivity index (χ2n) is 8.42. The van der Waals surface area contributed by atoms with Gasteiger partial charge in [-0.2, -0.15) is 0 Å². The molecule has 166 valence electrons. The Kier molecular flexibility index (Phi) is 4.87. The average Bonchev–Trinajstić information content (AvgIpc) is 3.09. The number of amides is 2. The highest BCUT2D eigenvalue weighted by Gasteiger charge is 2.46. The maximum Gasteiger partial charge on any atom is 0.271 e.